The topological polar surface area (TPSA) is 37.0 Å². The molecule has 0 bridgehead atoms. The van der Waals surface area contributed by atoms with E-state index in [4.69, 9.17) is 12.2 Å². The summed E-state index contributed by atoms with van der Waals surface area (Å²) in [5.41, 5.74) is 2.35. The summed E-state index contributed by atoms with van der Waals surface area (Å²) in [4.78, 5) is 4.38. The summed E-state index contributed by atoms with van der Waals surface area (Å²) in [6.45, 7) is 2.80. The van der Waals surface area contributed by atoms with Crippen molar-refractivity contribution in [2.45, 2.75) is 19.8 Å². The van der Waals surface area contributed by atoms with E-state index in [-0.39, 0.29) is 0 Å². The second-order valence-electron chi connectivity index (χ2n) is 5.79. The number of nitrogens with zero attached hydrogens (tertiary/aromatic N) is 1. The Hall–Kier alpha value is -2.46. The molecule has 2 N–H and O–H groups in total. The van der Waals surface area contributed by atoms with E-state index in [1.807, 2.05) is 25.1 Å². The molecule has 0 unspecified atom stereocenters. The van der Waals surface area contributed by atoms with Crippen molar-refractivity contribution in [3.05, 3.63) is 71.9 Å². The fourth-order valence-electron chi connectivity index (χ4n) is 2.76. The van der Waals surface area contributed by atoms with Crippen LogP contribution in [0, 0.1) is 6.92 Å². The van der Waals surface area contributed by atoms with Crippen LogP contribution in [0.25, 0.3) is 10.8 Å². The van der Waals surface area contributed by atoms with Crippen molar-refractivity contribution < 1.29 is 0 Å². The first-order valence-electron chi connectivity index (χ1n) is 8.17. The first-order chi connectivity index (χ1) is 11.7. The van der Waals surface area contributed by atoms with Gasteiger partial charge in [-0.1, -0.05) is 48.5 Å². The van der Waals surface area contributed by atoms with Gasteiger partial charge in [0.25, 0.3) is 0 Å². The van der Waals surface area contributed by atoms with Crippen LogP contribution >= 0.6 is 12.2 Å². The summed E-state index contributed by atoms with van der Waals surface area (Å²) in [6.07, 6.45) is 2.05. The van der Waals surface area contributed by atoms with E-state index < -0.39 is 0 Å². The monoisotopic (exact) mass is 335 g/mol. The van der Waals surface area contributed by atoms with Gasteiger partial charge in [0.15, 0.2) is 5.11 Å². The lowest BCUT2D eigenvalue weighted by Crippen LogP contribution is -2.29. The third kappa shape index (κ3) is 4.30. The number of aromatic nitrogens is 1. The molecule has 1 aromatic heterocycles. The van der Waals surface area contributed by atoms with E-state index in [0.29, 0.717) is 5.11 Å². The highest BCUT2D eigenvalue weighted by atomic mass is 32.1. The molecule has 4 heteroatoms. The zero-order valence-corrected chi connectivity index (χ0v) is 14.6. The van der Waals surface area contributed by atoms with Crippen LogP contribution < -0.4 is 10.6 Å². The van der Waals surface area contributed by atoms with Crippen LogP contribution in [0.2, 0.25) is 0 Å². The summed E-state index contributed by atoms with van der Waals surface area (Å²) in [5.74, 6) is 0.779. The smallest absolute Gasteiger partial charge is 0.171 e. The van der Waals surface area contributed by atoms with E-state index in [9.17, 15) is 0 Å². The molecule has 0 aliphatic rings. The number of hydrogen-bond acceptors (Lipinski definition) is 2. The van der Waals surface area contributed by atoms with Crippen LogP contribution in [-0.2, 0) is 6.42 Å². The molecule has 122 valence electrons. The highest BCUT2D eigenvalue weighted by Gasteiger charge is 2.02. The lowest BCUT2D eigenvalue weighted by atomic mass is 10.0. The Bertz CT molecular complexity index is 840. The molecule has 0 aliphatic carbocycles. The van der Waals surface area contributed by atoms with Crippen molar-refractivity contribution in [1.29, 1.82) is 0 Å². The number of benzene rings is 2. The standard InChI is InChI=1S/C20H21N3S/c1-15-7-4-13-19(22-15)23-20(24)21-14-6-11-17-10-5-9-16-8-2-3-12-18(16)17/h2-5,7-10,12-13H,6,11,14H2,1H3,(H2,21,22,23,24). The molecule has 0 saturated carbocycles. The molecule has 1 heterocycles. The average molecular weight is 335 g/mol. The first kappa shape index (κ1) is 16.4. The van der Waals surface area contributed by atoms with Gasteiger partial charge in [0.05, 0.1) is 0 Å². The van der Waals surface area contributed by atoms with Gasteiger partial charge in [0.2, 0.25) is 0 Å². The quantitative estimate of drug-likeness (QED) is 0.533. The normalized spacial score (nSPS) is 10.5. The number of pyridine rings is 1. The third-order valence-electron chi connectivity index (χ3n) is 3.92. The van der Waals surface area contributed by atoms with Crippen LogP contribution in [0.5, 0.6) is 0 Å². The largest absolute Gasteiger partial charge is 0.362 e. The van der Waals surface area contributed by atoms with E-state index in [2.05, 4.69) is 58.1 Å². The predicted molar refractivity (Wildman–Crippen MR) is 105 cm³/mol. The molecule has 0 saturated heterocycles. The van der Waals surface area contributed by atoms with Gasteiger partial charge >= 0.3 is 0 Å². The Morgan fingerprint density at radius 1 is 1.00 bits per heavy atom. The lowest BCUT2D eigenvalue weighted by Gasteiger charge is -2.11. The molecule has 0 spiro atoms. The van der Waals surface area contributed by atoms with Gasteiger partial charge in [0, 0.05) is 12.2 Å². The lowest BCUT2D eigenvalue weighted by molar-refractivity contribution is 0.780. The Morgan fingerprint density at radius 3 is 2.67 bits per heavy atom. The fraction of sp³-hybridized carbons (Fsp3) is 0.200. The molecule has 3 aromatic rings. The van der Waals surface area contributed by atoms with Crippen LogP contribution in [0.15, 0.2) is 60.7 Å². The summed E-state index contributed by atoms with van der Waals surface area (Å²) >= 11 is 5.32. The summed E-state index contributed by atoms with van der Waals surface area (Å²) in [5, 5.41) is 9.62. The van der Waals surface area contributed by atoms with E-state index in [0.717, 1.165) is 30.9 Å². The minimum absolute atomic E-state index is 0.617. The zero-order valence-electron chi connectivity index (χ0n) is 13.8. The highest BCUT2D eigenvalue weighted by Crippen LogP contribution is 2.19. The highest BCUT2D eigenvalue weighted by molar-refractivity contribution is 7.80. The molecule has 2 aromatic carbocycles. The Morgan fingerprint density at radius 2 is 1.79 bits per heavy atom. The maximum Gasteiger partial charge on any atom is 0.171 e. The van der Waals surface area contributed by atoms with Crippen LogP contribution in [0.4, 0.5) is 5.82 Å². The van der Waals surface area contributed by atoms with Crippen LogP contribution in [0.1, 0.15) is 17.7 Å². The third-order valence-corrected chi connectivity index (χ3v) is 4.16. The number of thiocarbonyl (C=S) groups is 1. The molecular formula is C20H21N3S. The molecule has 3 rings (SSSR count). The molecule has 0 fully saturated rings. The molecule has 3 nitrogen and oxygen atoms in total. The fourth-order valence-corrected chi connectivity index (χ4v) is 2.97. The van der Waals surface area contributed by atoms with E-state index in [1.54, 1.807) is 0 Å². The van der Waals surface area contributed by atoms with Gasteiger partial charge in [-0.15, -0.1) is 0 Å². The van der Waals surface area contributed by atoms with Crippen molar-refractivity contribution in [3.8, 4) is 0 Å². The molecular weight excluding hydrogens is 314 g/mol. The molecule has 0 aliphatic heterocycles. The minimum Gasteiger partial charge on any atom is -0.362 e. The maximum absolute atomic E-state index is 5.32. The number of nitrogens with one attached hydrogen (secondary N) is 2. The van der Waals surface area contributed by atoms with Gasteiger partial charge in [-0.3, -0.25) is 0 Å². The first-order valence-corrected chi connectivity index (χ1v) is 8.58. The van der Waals surface area contributed by atoms with Crippen molar-refractivity contribution in [2.75, 3.05) is 11.9 Å². The molecule has 0 radical (unpaired) electrons. The Labute approximate surface area is 148 Å². The average Bonchev–Trinajstić information content (AvgIpc) is 2.59. The van der Waals surface area contributed by atoms with Crippen LogP contribution in [0.3, 0.4) is 0 Å². The number of hydrogen-bond donors (Lipinski definition) is 2. The maximum atomic E-state index is 5.32. The van der Waals surface area contributed by atoms with Crippen LogP contribution in [-0.4, -0.2) is 16.6 Å². The van der Waals surface area contributed by atoms with Crippen molar-refractivity contribution in [2.24, 2.45) is 0 Å². The van der Waals surface area contributed by atoms with E-state index >= 15 is 0 Å². The molecule has 0 atom stereocenters. The summed E-state index contributed by atoms with van der Waals surface area (Å²) < 4.78 is 0. The zero-order chi connectivity index (χ0) is 16.8. The Kier molecular flexibility index (Phi) is 5.39. The van der Waals surface area contributed by atoms with Crippen molar-refractivity contribution >= 4 is 33.9 Å². The SMILES string of the molecule is Cc1cccc(NC(=S)NCCCc2cccc3ccccc23)n1. The van der Waals surface area contributed by atoms with Gasteiger partial charge in [0.1, 0.15) is 5.82 Å². The number of fused-ring (bicyclic) bond motifs is 1. The molecule has 24 heavy (non-hydrogen) atoms. The minimum atomic E-state index is 0.617. The number of aryl methyl sites for hydroxylation is 2. The summed E-state index contributed by atoms with van der Waals surface area (Å²) in [6, 6.07) is 20.9. The van der Waals surface area contributed by atoms with Gasteiger partial charge in [-0.25, -0.2) is 4.98 Å². The predicted octanol–water partition coefficient (Wildman–Crippen LogP) is 4.46. The van der Waals surface area contributed by atoms with Gasteiger partial charge < -0.3 is 10.6 Å². The van der Waals surface area contributed by atoms with Gasteiger partial charge in [-0.05, 0) is 60.5 Å². The number of anilines is 1. The second-order valence-corrected chi connectivity index (χ2v) is 6.20. The second kappa shape index (κ2) is 7.88. The van der Waals surface area contributed by atoms with E-state index in [1.165, 1.54) is 16.3 Å². The van der Waals surface area contributed by atoms with Crippen molar-refractivity contribution in [1.82, 2.24) is 10.3 Å². The Balaban J connectivity index is 1.49. The molecule has 0 amide bonds. The van der Waals surface area contributed by atoms with Crippen molar-refractivity contribution in [3.63, 3.8) is 0 Å². The van der Waals surface area contributed by atoms with Gasteiger partial charge in [-0.2, -0.15) is 0 Å². The number of rotatable bonds is 5. The summed E-state index contributed by atoms with van der Waals surface area (Å²) in [7, 11) is 0.